The molecule has 2 heterocycles. The average molecular weight is 531 g/mol. The summed E-state index contributed by atoms with van der Waals surface area (Å²) in [6, 6.07) is 24.7. The maximum atomic E-state index is 13.2. The van der Waals surface area contributed by atoms with Crippen LogP contribution >= 0.6 is 15.9 Å². The number of hydrogen-bond acceptors (Lipinski definition) is 3. The highest BCUT2D eigenvalue weighted by Crippen LogP contribution is 2.28. The van der Waals surface area contributed by atoms with Gasteiger partial charge in [0, 0.05) is 22.4 Å². The van der Waals surface area contributed by atoms with E-state index >= 15 is 0 Å². The molecule has 5 nitrogen and oxygen atoms in total. The van der Waals surface area contributed by atoms with Crippen molar-refractivity contribution in [2.75, 3.05) is 18.4 Å². The van der Waals surface area contributed by atoms with E-state index in [9.17, 15) is 4.79 Å². The molecule has 6 heteroatoms. The van der Waals surface area contributed by atoms with Crippen LogP contribution in [-0.4, -0.2) is 33.4 Å². The van der Waals surface area contributed by atoms with Gasteiger partial charge in [-0.15, -0.1) is 0 Å². The second-order valence-electron chi connectivity index (χ2n) is 9.63. The standard InChI is InChI=1S/C29H31BrN4O/c1-20(2)24-9-3-4-10-25(24)32-29(35)21-8-7-17-33(18-21)19-28-31-26-11-5-6-12-27(26)34(28)23-15-13-22(30)14-16-23/h3-6,9-16,20-21H,7-8,17-19H2,1-2H3,(H,32,35)/t21-/m1/s1. The summed E-state index contributed by atoms with van der Waals surface area (Å²) < 4.78 is 3.29. The first-order valence-electron chi connectivity index (χ1n) is 12.3. The first-order valence-corrected chi connectivity index (χ1v) is 13.1. The monoisotopic (exact) mass is 530 g/mol. The number of halogens is 1. The summed E-state index contributed by atoms with van der Waals surface area (Å²) in [5, 5.41) is 3.22. The molecular formula is C29H31BrN4O. The van der Waals surface area contributed by atoms with E-state index in [0.29, 0.717) is 12.5 Å². The quantitative estimate of drug-likeness (QED) is 0.299. The van der Waals surface area contributed by atoms with E-state index in [2.05, 4.69) is 93.1 Å². The maximum absolute atomic E-state index is 13.2. The Morgan fingerprint density at radius 3 is 2.60 bits per heavy atom. The van der Waals surface area contributed by atoms with E-state index in [1.807, 2.05) is 24.3 Å². The van der Waals surface area contributed by atoms with Gasteiger partial charge in [0.25, 0.3) is 0 Å². The Balaban J connectivity index is 1.36. The fraction of sp³-hybridized carbons (Fsp3) is 0.310. The third-order valence-corrected chi connectivity index (χ3v) is 7.33. The molecule has 0 bridgehead atoms. The molecule has 5 rings (SSSR count). The van der Waals surface area contributed by atoms with Gasteiger partial charge in [-0.25, -0.2) is 4.98 Å². The van der Waals surface area contributed by atoms with Crippen LogP contribution in [0.5, 0.6) is 0 Å². The highest BCUT2D eigenvalue weighted by molar-refractivity contribution is 9.10. The number of nitrogens with zero attached hydrogens (tertiary/aromatic N) is 3. The fourth-order valence-electron chi connectivity index (χ4n) is 5.02. The third-order valence-electron chi connectivity index (χ3n) is 6.80. The molecule has 3 aromatic carbocycles. The Morgan fingerprint density at radius 2 is 1.80 bits per heavy atom. The lowest BCUT2D eigenvalue weighted by molar-refractivity contribution is -0.121. The molecule has 0 spiro atoms. The summed E-state index contributed by atoms with van der Waals surface area (Å²) in [5.41, 5.74) is 5.29. The number of para-hydroxylation sites is 3. The van der Waals surface area contributed by atoms with Crippen LogP contribution < -0.4 is 5.32 Å². The summed E-state index contributed by atoms with van der Waals surface area (Å²) in [6.45, 7) is 6.72. The van der Waals surface area contributed by atoms with Crippen LogP contribution in [0.2, 0.25) is 0 Å². The number of nitrogens with one attached hydrogen (secondary N) is 1. The second-order valence-corrected chi connectivity index (χ2v) is 10.5. The number of likely N-dealkylation sites (tertiary alicyclic amines) is 1. The van der Waals surface area contributed by atoms with Crippen LogP contribution in [0.25, 0.3) is 16.7 Å². The molecular weight excluding hydrogens is 500 g/mol. The minimum Gasteiger partial charge on any atom is -0.326 e. The van der Waals surface area contributed by atoms with Crippen LogP contribution in [-0.2, 0) is 11.3 Å². The second kappa shape index (κ2) is 10.3. The third kappa shape index (κ3) is 5.19. The number of anilines is 1. The molecule has 1 aliphatic heterocycles. The number of rotatable bonds is 6. The Bertz CT molecular complexity index is 1330. The largest absolute Gasteiger partial charge is 0.326 e. The van der Waals surface area contributed by atoms with Gasteiger partial charge in [-0.1, -0.05) is 60.1 Å². The van der Waals surface area contributed by atoms with Crippen molar-refractivity contribution in [2.45, 2.75) is 39.2 Å². The van der Waals surface area contributed by atoms with Gasteiger partial charge >= 0.3 is 0 Å². The predicted molar refractivity (Wildman–Crippen MR) is 146 cm³/mol. The number of aromatic nitrogens is 2. The average Bonchev–Trinajstić information content (AvgIpc) is 3.22. The molecule has 1 fully saturated rings. The molecule has 1 N–H and O–H groups in total. The van der Waals surface area contributed by atoms with E-state index in [1.54, 1.807) is 0 Å². The van der Waals surface area contributed by atoms with Crippen molar-refractivity contribution >= 4 is 38.6 Å². The zero-order valence-electron chi connectivity index (χ0n) is 20.2. The van der Waals surface area contributed by atoms with Gasteiger partial charge < -0.3 is 5.32 Å². The van der Waals surface area contributed by atoms with Crippen LogP contribution in [0.4, 0.5) is 5.69 Å². The van der Waals surface area contributed by atoms with E-state index < -0.39 is 0 Å². The van der Waals surface area contributed by atoms with Gasteiger partial charge in [-0.05, 0) is 73.3 Å². The summed E-state index contributed by atoms with van der Waals surface area (Å²) in [5.74, 6) is 1.44. The van der Waals surface area contributed by atoms with Gasteiger partial charge in [-0.3, -0.25) is 14.3 Å². The normalized spacial score (nSPS) is 16.6. The maximum Gasteiger partial charge on any atom is 0.228 e. The molecule has 0 unspecified atom stereocenters. The first kappa shape index (κ1) is 23.8. The summed E-state index contributed by atoms with van der Waals surface area (Å²) >= 11 is 3.54. The molecule has 1 aliphatic rings. The fourth-order valence-corrected chi connectivity index (χ4v) is 5.29. The molecule has 0 radical (unpaired) electrons. The van der Waals surface area contributed by atoms with Crippen molar-refractivity contribution in [2.24, 2.45) is 5.92 Å². The highest BCUT2D eigenvalue weighted by Gasteiger charge is 2.27. The zero-order chi connectivity index (χ0) is 24.4. The highest BCUT2D eigenvalue weighted by atomic mass is 79.9. The van der Waals surface area contributed by atoms with Crippen LogP contribution in [0, 0.1) is 5.92 Å². The number of fused-ring (bicyclic) bond motifs is 1. The van der Waals surface area contributed by atoms with Crippen molar-refractivity contribution in [1.29, 1.82) is 0 Å². The number of hydrogen-bond donors (Lipinski definition) is 1. The van der Waals surface area contributed by atoms with Crippen LogP contribution in [0.1, 0.15) is 44.0 Å². The molecule has 1 amide bonds. The van der Waals surface area contributed by atoms with Gasteiger partial charge in [0.05, 0.1) is 23.5 Å². The molecule has 1 aromatic heterocycles. The van der Waals surface area contributed by atoms with Crippen molar-refractivity contribution < 1.29 is 4.79 Å². The molecule has 0 aliphatic carbocycles. The van der Waals surface area contributed by atoms with Crippen LogP contribution in [0.3, 0.4) is 0 Å². The molecule has 1 atom stereocenters. The Labute approximate surface area is 215 Å². The molecule has 180 valence electrons. The minimum absolute atomic E-state index is 0.0329. The topological polar surface area (TPSA) is 50.2 Å². The first-order chi connectivity index (χ1) is 17.0. The number of carbonyl (C=O) groups excluding carboxylic acids is 1. The molecule has 4 aromatic rings. The van der Waals surface area contributed by atoms with E-state index in [0.717, 1.165) is 58.6 Å². The van der Waals surface area contributed by atoms with Gasteiger partial charge in [0.2, 0.25) is 5.91 Å². The number of piperidine rings is 1. The smallest absolute Gasteiger partial charge is 0.228 e. The van der Waals surface area contributed by atoms with E-state index in [1.165, 1.54) is 5.56 Å². The van der Waals surface area contributed by atoms with E-state index in [4.69, 9.17) is 4.98 Å². The molecule has 1 saturated heterocycles. The van der Waals surface area contributed by atoms with Crippen molar-refractivity contribution in [1.82, 2.24) is 14.5 Å². The zero-order valence-corrected chi connectivity index (χ0v) is 21.8. The minimum atomic E-state index is -0.0329. The Hall–Kier alpha value is -2.96. The van der Waals surface area contributed by atoms with Crippen molar-refractivity contribution in [3.63, 3.8) is 0 Å². The predicted octanol–water partition coefficient (Wildman–Crippen LogP) is 6.76. The van der Waals surface area contributed by atoms with Crippen LogP contribution in [0.15, 0.2) is 77.3 Å². The molecule has 0 saturated carbocycles. The Kier molecular flexibility index (Phi) is 7.02. The van der Waals surface area contributed by atoms with E-state index in [-0.39, 0.29) is 11.8 Å². The lowest BCUT2D eigenvalue weighted by Crippen LogP contribution is -2.40. The summed E-state index contributed by atoms with van der Waals surface area (Å²) in [6.07, 6.45) is 1.91. The van der Waals surface area contributed by atoms with Gasteiger partial charge in [0.15, 0.2) is 0 Å². The van der Waals surface area contributed by atoms with Gasteiger partial charge in [0.1, 0.15) is 5.82 Å². The Morgan fingerprint density at radius 1 is 1.06 bits per heavy atom. The van der Waals surface area contributed by atoms with Gasteiger partial charge in [-0.2, -0.15) is 0 Å². The number of benzene rings is 3. The molecule has 35 heavy (non-hydrogen) atoms. The SMILES string of the molecule is CC(C)c1ccccc1NC(=O)[C@@H]1CCCN(Cc2nc3ccccc3n2-c2ccc(Br)cc2)C1. The number of amides is 1. The van der Waals surface area contributed by atoms with Crippen molar-refractivity contribution in [3.8, 4) is 5.69 Å². The summed E-state index contributed by atoms with van der Waals surface area (Å²) in [4.78, 5) is 20.6. The number of carbonyl (C=O) groups is 1. The number of imidazole rings is 1. The van der Waals surface area contributed by atoms with Crippen molar-refractivity contribution in [3.05, 3.63) is 88.7 Å². The lowest BCUT2D eigenvalue weighted by Gasteiger charge is -2.32. The summed E-state index contributed by atoms with van der Waals surface area (Å²) in [7, 11) is 0. The lowest BCUT2D eigenvalue weighted by atomic mass is 9.96.